The molecular weight excluding hydrogens is 342 g/mol. The maximum absolute atomic E-state index is 12.4. The smallest absolute Gasteiger partial charge is 0.251 e. The van der Waals surface area contributed by atoms with E-state index in [-0.39, 0.29) is 24.4 Å². The highest BCUT2D eigenvalue weighted by atomic mass is 16.5. The number of likely N-dealkylation sites (tertiary alicyclic amines) is 1. The van der Waals surface area contributed by atoms with E-state index >= 15 is 0 Å². The number of nitrogens with one attached hydrogen (secondary N) is 1. The molecule has 0 unspecified atom stereocenters. The van der Waals surface area contributed by atoms with Gasteiger partial charge in [0.1, 0.15) is 12.4 Å². The molecule has 142 valence electrons. The number of para-hydroxylation sites is 1. The standard InChI is InChI=1S/C21H25N3O3/c22-20(25)14-24-12-10-18(11-13-24)23-21(26)17-8-6-16(7-9-17)15-27-19-4-2-1-3-5-19/h1-9,18H,10-15H2,(H2,22,25)(H,23,26). The van der Waals surface area contributed by atoms with Gasteiger partial charge in [-0.3, -0.25) is 14.5 Å². The van der Waals surface area contributed by atoms with E-state index in [0.29, 0.717) is 12.2 Å². The molecule has 3 rings (SSSR count). The molecule has 1 aliphatic heterocycles. The molecule has 27 heavy (non-hydrogen) atoms. The molecule has 2 amide bonds. The van der Waals surface area contributed by atoms with E-state index in [9.17, 15) is 9.59 Å². The number of ether oxygens (including phenoxy) is 1. The zero-order valence-electron chi connectivity index (χ0n) is 15.3. The number of amides is 2. The topological polar surface area (TPSA) is 84.7 Å². The fraction of sp³-hybridized carbons (Fsp3) is 0.333. The van der Waals surface area contributed by atoms with Gasteiger partial charge in [-0.15, -0.1) is 0 Å². The lowest BCUT2D eigenvalue weighted by Gasteiger charge is -2.31. The minimum absolute atomic E-state index is 0.0705. The molecule has 2 aromatic carbocycles. The molecule has 3 N–H and O–H groups in total. The van der Waals surface area contributed by atoms with E-state index in [0.717, 1.165) is 37.2 Å². The molecule has 0 radical (unpaired) electrons. The number of nitrogens with two attached hydrogens (primary N) is 1. The number of hydrogen-bond acceptors (Lipinski definition) is 4. The summed E-state index contributed by atoms with van der Waals surface area (Å²) in [6.07, 6.45) is 1.64. The van der Waals surface area contributed by atoms with Crippen molar-refractivity contribution in [3.8, 4) is 5.75 Å². The molecule has 6 heteroatoms. The third-order valence-corrected chi connectivity index (χ3v) is 4.67. The molecule has 1 heterocycles. The van der Waals surface area contributed by atoms with Gasteiger partial charge in [0, 0.05) is 24.7 Å². The van der Waals surface area contributed by atoms with Gasteiger partial charge in [0.2, 0.25) is 5.91 Å². The van der Waals surface area contributed by atoms with Crippen LogP contribution in [0.3, 0.4) is 0 Å². The van der Waals surface area contributed by atoms with Gasteiger partial charge in [-0.1, -0.05) is 30.3 Å². The summed E-state index contributed by atoms with van der Waals surface area (Å²) in [5, 5.41) is 3.07. The number of nitrogens with zero attached hydrogens (tertiary/aromatic N) is 1. The van der Waals surface area contributed by atoms with Crippen molar-refractivity contribution in [3.63, 3.8) is 0 Å². The first kappa shape index (κ1) is 18.9. The van der Waals surface area contributed by atoms with Gasteiger partial charge in [0.25, 0.3) is 5.91 Å². The molecule has 0 atom stereocenters. The fourth-order valence-electron chi connectivity index (χ4n) is 3.16. The molecule has 6 nitrogen and oxygen atoms in total. The molecule has 0 aromatic heterocycles. The summed E-state index contributed by atoms with van der Waals surface area (Å²) < 4.78 is 5.71. The maximum Gasteiger partial charge on any atom is 0.251 e. The van der Waals surface area contributed by atoms with Gasteiger partial charge in [-0.25, -0.2) is 0 Å². The van der Waals surface area contributed by atoms with Crippen molar-refractivity contribution in [2.24, 2.45) is 5.73 Å². The lowest BCUT2D eigenvalue weighted by atomic mass is 10.0. The van der Waals surface area contributed by atoms with E-state index in [4.69, 9.17) is 10.5 Å². The van der Waals surface area contributed by atoms with Crippen molar-refractivity contribution in [3.05, 3.63) is 65.7 Å². The van der Waals surface area contributed by atoms with E-state index in [2.05, 4.69) is 5.32 Å². The summed E-state index contributed by atoms with van der Waals surface area (Å²) in [6.45, 7) is 2.28. The van der Waals surface area contributed by atoms with Gasteiger partial charge in [0.15, 0.2) is 0 Å². The second-order valence-corrected chi connectivity index (χ2v) is 6.79. The summed E-state index contributed by atoms with van der Waals surface area (Å²) in [7, 11) is 0. The van der Waals surface area contributed by atoms with Crippen LogP contribution < -0.4 is 15.8 Å². The second-order valence-electron chi connectivity index (χ2n) is 6.79. The van der Waals surface area contributed by atoms with Crippen LogP contribution in [0.5, 0.6) is 5.75 Å². The van der Waals surface area contributed by atoms with Gasteiger partial charge in [-0.05, 0) is 42.7 Å². The summed E-state index contributed by atoms with van der Waals surface area (Å²) in [6, 6.07) is 17.2. The van der Waals surface area contributed by atoms with Crippen LogP contribution in [0, 0.1) is 0 Å². The average Bonchev–Trinajstić information content (AvgIpc) is 2.69. The van der Waals surface area contributed by atoms with Crippen LogP contribution >= 0.6 is 0 Å². The summed E-state index contributed by atoms with van der Waals surface area (Å²) in [5.74, 6) is 0.440. The lowest BCUT2D eigenvalue weighted by Crippen LogP contribution is -2.46. The molecule has 1 saturated heterocycles. The molecule has 2 aromatic rings. The van der Waals surface area contributed by atoms with E-state index in [1.54, 1.807) is 0 Å². The van der Waals surface area contributed by atoms with Crippen molar-refractivity contribution in [1.82, 2.24) is 10.2 Å². The molecule has 0 saturated carbocycles. The van der Waals surface area contributed by atoms with Gasteiger partial charge >= 0.3 is 0 Å². The highest BCUT2D eigenvalue weighted by molar-refractivity contribution is 5.94. The maximum atomic E-state index is 12.4. The first-order chi connectivity index (χ1) is 13.1. The fourth-order valence-corrected chi connectivity index (χ4v) is 3.16. The van der Waals surface area contributed by atoms with E-state index < -0.39 is 0 Å². The monoisotopic (exact) mass is 367 g/mol. The van der Waals surface area contributed by atoms with E-state index in [1.807, 2.05) is 59.5 Å². The Morgan fingerprint density at radius 1 is 1.04 bits per heavy atom. The zero-order chi connectivity index (χ0) is 19.1. The van der Waals surface area contributed by atoms with Crippen LogP contribution in [0.25, 0.3) is 0 Å². The van der Waals surface area contributed by atoms with Gasteiger partial charge in [-0.2, -0.15) is 0 Å². The van der Waals surface area contributed by atoms with E-state index in [1.165, 1.54) is 0 Å². The van der Waals surface area contributed by atoms with Crippen molar-refractivity contribution in [2.45, 2.75) is 25.5 Å². The van der Waals surface area contributed by atoms with Crippen LogP contribution in [-0.4, -0.2) is 42.4 Å². The van der Waals surface area contributed by atoms with Gasteiger partial charge < -0.3 is 15.8 Å². The zero-order valence-corrected chi connectivity index (χ0v) is 15.3. The Kier molecular flexibility index (Phi) is 6.44. The Bertz CT molecular complexity index is 754. The first-order valence-electron chi connectivity index (χ1n) is 9.18. The molecular formula is C21H25N3O3. The number of benzene rings is 2. The predicted molar refractivity (Wildman–Crippen MR) is 103 cm³/mol. The van der Waals surface area contributed by atoms with Crippen molar-refractivity contribution in [1.29, 1.82) is 0 Å². The Hall–Kier alpha value is -2.86. The number of rotatable bonds is 7. The van der Waals surface area contributed by atoms with Crippen LogP contribution in [0.15, 0.2) is 54.6 Å². The summed E-state index contributed by atoms with van der Waals surface area (Å²) in [4.78, 5) is 25.4. The largest absolute Gasteiger partial charge is 0.489 e. The minimum atomic E-state index is -0.311. The Labute approximate surface area is 159 Å². The number of hydrogen-bond donors (Lipinski definition) is 2. The summed E-state index contributed by atoms with van der Waals surface area (Å²) in [5.41, 5.74) is 6.87. The molecule has 0 spiro atoms. The van der Waals surface area contributed by atoms with Crippen LogP contribution in [0.2, 0.25) is 0 Å². The number of piperidine rings is 1. The lowest BCUT2D eigenvalue weighted by molar-refractivity contribution is -0.119. The quantitative estimate of drug-likeness (QED) is 0.783. The molecule has 1 fully saturated rings. The number of primary amides is 1. The highest BCUT2D eigenvalue weighted by Gasteiger charge is 2.21. The Morgan fingerprint density at radius 3 is 2.33 bits per heavy atom. The Morgan fingerprint density at radius 2 is 1.70 bits per heavy atom. The third-order valence-electron chi connectivity index (χ3n) is 4.67. The van der Waals surface area contributed by atoms with Crippen molar-refractivity contribution < 1.29 is 14.3 Å². The van der Waals surface area contributed by atoms with Crippen LogP contribution in [0.4, 0.5) is 0 Å². The van der Waals surface area contributed by atoms with Crippen molar-refractivity contribution in [2.75, 3.05) is 19.6 Å². The number of carbonyl (C=O) groups excluding carboxylic acids is 2. The van der Waals surface area contributed by atoms with Gasteiger partial charge in [0.05, 0.1) is 6.54 Å². The highest BCUT2D eigenvalue weighted by Crippen LogP contribution is 2.14. The van der Waals surface area contributed by atoms with Crippen molar-refractivity contribution >= 4 is 11.8 Å². The third kappa shape index (κ3) is 5.82. The molecule has 1 aliphatic rings. The Balaban J connectivity index is 1.46. The molecule has 0 aliphatic carbocycles. The number of carbonyl (C=O) groups is 2. The van der Waals surface area contributed by atoms with Crippen LogP contribution in [-0.2, 0) is 11.4 Å². The minimum Gasteiger partial charge on any atom is -0.489 e. The predicted octanol–water partition coefficient (Wildman–Crippen LogP) is 1.95. The first-order valence-corrected chi connectivity index (χ1v) is 9.18. The van der Waals surface area contributed by atoms with Crippen LogP contribution in [0.1, 0.15) is 28.8 Å². The average molecular weight is 367 g/mol. The normalized spacial score (nSPS) is 15.3. The second kappa shape index (κ2) is 9.19. The SMILES string of the molecule is NC(=O)CN1CCC(NC(=O)c2ccc(COc3ccccc3)cc2)CC1. The molecule has 0 bridgehead atoms. The summed E-state index contributed by atoms with van der Waals surface area (Å²) >= 11 is 0.